The van der Waals surface area contributed by atoms with Gasteiger partial charge < -0.3 is 14.0 Å². The summed E-state index contributed by atoms with van der Waals surface area (Å²) in [7, 11) is 0. The number of ketones is 1. The van der Waals surface area contributed by atoms with E-state index < -0.39 is 18.0 Å². The number of benzene rings is 1. The Bertz CT molecular complexity index is 688. The number of rotatable bonds is 8. The van der Waals surface area contributed by atoms with Gasteiger partial charge in [0.25, 0.3) is 0 Å². The Kier molecular flexibility index (Phi) is 6.45. The summed E-state index contributed by atoms with van der Waals surface area (Å²) in [5, 5.41) is 0. The van der Waals surface area contributed by atoms with Crippen molar-refractivity contribution in [2.75, 3.05) is 0 Å². The van der Waals surface area contributed by atoms with Crippen LogP contribution in [0.5, 0.6) is 0 Å². The van der Waals surface area contributed by atoms with Crippen molar-refractivity contribution in [1.29, 1.82) is 0 Å². The number of Topliss-reactive ketones (excluding diaryl/α,β-unsaturated/α-hetero) is 1. The first-order valence-corrected chi connectivity index (χ1v) is 8.43. The Morgan fingerprint density at radius 1 is 1.04 bits per heavy atom. The predicted molar refractivity (Wildman–Crippen MR) is 93.0 cm³/mol. The molecule has 0 unspecified atom stereocenters. The summed E-state index contributed by atoms with van der Waals surface area (Å²) in [5.41, 5.74) is 0.808. The van der Waals surface area contributed by atoms with Crippen molar-refractivity contribution in [3.05, 3.63) is 53.9 Å². The molecule has 0 bridgehead atoms. The van der Waals surface area contributed by atoms with Gasteiger partial charge in [0, 0.05) is 0 Å². The topological polar surface area (TPSA) is 53.4 Å². The molecular formula is C19H25FN2O3. The molecular weight excluding hydrogens is 323 g/mol. The number of hydrogen-bond donors (Lipinski definition) is 0. The maximum Gasteiger partial charge on any atom is 0.242 e. The van der Waals surface area contributed by atoms with Gasteiger partial charge in [0.15, 0.2) is 0 Å². The van der Waals surface area contributed by atoms with Gasteiger partial charge in [-0.15, -0.1) is 0 Å². The number of aromatic nitrogens is 2. The van der Waals surface area contributed by atoms with Crippen LogP contribution in [0.15, 0.2) is 36.7 Å². The highest BCUT2D eigenvalue weighted by Gasteiger charge is 2.31. The van der Waals surface area contributed by atoms with E-state index >= 15 is 0 Å². The zero-order valence-electron chi connectivity index (χ0n) is 15.3. The summed E-state index contributed by atoms with van der Waals surface area (Å²) < 4.78 is 27.0. The number of carbonyl (C=O) groups excluding carboxylic acids is 1. The number of nitrogens with zero attached hydrogens (tertiary/aromatic N) is 2. The van der Waals surface area contributed by atoms with Crippen molar-refractivity contribution >= 4 is 5.78 Å². The number of hydrogen-bond acceptors (Lipinski definition) is 4. The lowest BCUT2D eigenvalue weighted by Crippen LogP contribution is -2.34. The van der Waals surface area contributed by atoms with Gasteiger partial charge in [-0.05, 0) is 40.2 Å². The van der Waals surface area contributed by atoms with E-state index in [2.05, 4.69) is 4.98 Å². The van der Waals surface area contributed by atoms with Gasteiger partial charge in [-0.1, -0.05) is 30.3 Å². The van der Waals surface area contributed by atoms with Gasteiger partial charge in [-0.2, -0.15) is 4.39 Å². The van der Waals surface area contributed by atoms with Gasteiger partial charge in [0.05, 0.1) is 24.6 Å². The molecule has 0 fully saturated rings. The summed E-state index contributed by atoms with van der Waals surface area (Å²) in [5.74, 6) is -1.39. The minimum Gasteiger partial charge on any atom is -0.343 e. The number of ether oxygens (including phenoxy) is 2. The molecule has 25 heavy (non-hydrogen) atoms. The molecule has 0 amide bonds. The van der Waals surface area contributed by atoms with Crippen LogP contribution in [0.4, 0.5) is 4.39 Å². The summed E-state index contributed by atoms with van der Waals surface area (Å²) in [6.07, 6.45) is -0.313. The maximum absolute atomic E-state index is 14.3. The molecule has 1 heterocycles. The lowest BCUT2D eigenvalue weighted by atomic mass is 10.1. The first-order chi connectivity index (χ1) is 11.8. The standard InChI is InChI=1S/C19H25FN2O3/c1-12(2)24-19(25-13(3)4)17(23)16-18(20)21-11-22(16)14(5)15-9-7-6-8-10-15/h6-14,19H,1-5H3/t14-/m1/s1. The Balaban J connectivity index is 2.37. The highest BCUT2D eigenvalue weighted by Crippen LogP contribution is 2.23. The average Bonchev–Trinajstić information content (AvgIpc) is 2.94. The highest BCUT2D eigenvalue weighted by molar-refractivity contribution is 5.97. The molecule has 1 aromatic heterocycles. The fourth-order valence-corrected chi connectivity index (χ4v) is 2.51. The highest BCUT2D eigenvalue weighted by atomic mass is 19.1. The Morgan fingerprint density at radius 2 is 1.60 bits per heavy atom. The van der Waals surface area contributed by atoms with Gasteiger partial charge in [-0.3, -0.25) is 4.79 Å². The number of imidazole rings is 1. The molecule has 0 spiro atoms. The molecule has 136 valence electrons. The maximum atomic E-state index is 14.3. The molecule has 0 radical (unpaired) electrons. The van der Waals surface area contributed by atoms with Crippen LogP contribution in [-0.2, 0) is 9.47 Å². The molecule has 1 aromatic carbocycles. The van der Waals surface area contributed by atoms with E-state index in [0.717, 1.165) is 5.56 Å². The molecule has 0 N–H and O–H groups in total. The van der Waals surface area contributed by atoms with E-state index in [4.69, 9.17) is 9.47 Å². The SMILES string of the molecule is CC(C)OC(OC(C)C)C(=O)c1c(F)ncn1[C@H](C)c1ccccc1. The summed E-state index contributed by atoms with van der Waals surface area (Å²) in [6.45, 7) is 9.07. The van der Waals surface area contributed by atoms with Gasteiger partial charge in [0.2, 0.25) is 18.0 Å². The zero-order chi connectivity index (χ0) is 18.6. The molecule has 1 atom stereocenters. The van der Waals surface area contributed by atoms with Gasteiger partial charge >= 0.3 is 0 Å². The van der Waals surface area contributed by atoms with E-state index in [1.807, 2.05) is 37.3 Å². The molecule has 0 aliphatic carbocycles. The Hall–Kier alpha value is -2.05. The Morgan fingerprint density at radius 3 is 2.12 bits per heavy atom. The van der Waals surface area contributed by atoms with Crippen LogP contribution in [0.1, 0.15) is 56.7 Å². The Labute approximate surface area is 147 Å². The third kappa shape index (κ3) is 4.74. The largest absolute Gasteiger partial charge is 0.343 e. The lowest BCUT2D eigenvalue weighted by Gasteiger charge is -2.23. The van der Waals surface area contributed by atoms with E-state index in [1.165, 1.54) is 10.9 Å². The van der Waals surface area contributed by atoms with Gasteiger partial charge in [-0.25, -0.2) is 4.98 Å². The first kappa shape index (κ1) is 19.3. The number of carbonyl (C=O) groups is 1. The summed E-state index contributed by atoms with van der Waals surface area (Å²) in [4.78, 5) is 16.6. The average molecular weight is 348 g/mol. The fourth-order valence-electron chi connectivity index (χ4n) is 2.51. The molecule has 6 heteroatoms. The van der Waals surface area contributed by atoms with E-state index in [1.54, 1.807) is 27.7 Å². The van der Waals surface area contributed by atoms with E-state index in [-0.39, 0.29) is 23.9 Å². The van der Waals surface area contributed by atoms with Crippen molar-refractivity contribution in [1.82, 2.24) is 9.55 Å². The monoisotopic (exact) mass is 348 g/mol. The first-order valence-electron chi connectivity index (χ1n) is 8.43. The van der Waals surface area contributed by atoms with E-state index in [9.17, 15) is 9.18 Å². The minimum absolute atomic E-state index is 0.136. The van der Waals surface area contributed by atoms with Crippen LogP contribution in [0.3, 0.4) is 0 Å². The molecule has 0 saturated heterocycles. The normalized spacial score (nSPS) is 13.0. The summed E-state index contributed by atoms with van der Waals surface area (Å²) in [6, 6.07) is 9.28. The van der Waals surface area contributed by atoms with Crippen LogP contribution in [0.25, 0.3) is 0 Å². The molecule has 0 aliphatic rings. The predicted octanol–water partition coefficient (Wildman–Crippen LogP) is 3.99. The zero-order valence-corrected chi connectivity index (χ0v) is 15.3. The van der Waals surface area contributed by atoms with Crippen molar-refractivity contribution in [2.24, 2.45) is 0 Å². The van der Waals surface area contributed by atoms with Crippen LogP contribution in [-0.4, -0.2) is 33.8 Å². The van der Waals surface area contributed by atoms with Crippen molar-refractivity contribution in [2.45, 2.75) is 59.2 Å². The molecule has 2 rings (SSSR count). The van der Waals surface area contributed by atoms with Crippen molar-refractivity contribution in [3.8, 4) is 0 Å². The fraction of sp³-hybridized carbons (Fsp3) is 0.474. The molecule has 0 aliphatic heterocycles. The third-order valence-corrected chi connectivity index (χ3v) is 3.69. The van der Waals surface area contributed by atoms with E-state index in [0.29, 0.717) is 0 Å². The van der Waals surface area contributed by atoms with Crippen LogP contribution >= 0.6 is 0 Å². The molecule has 0 saturated carbocycles. The second-order valence-electron chi connectivity index (χ2n) is 6.44. The van der Waals surface area contributed by atoms with Crippen LogP contribution < -0.4 is 0 Å². The van der Waals surface area contributed by atoms with Crippen LogP contribution in [0.2, 0.25) is 0 Å². The summed E-state index contributed by atoms with van der Waals surface area (Å²) >= 11 is 0. The number of halogens is 1. The second kappa shape index (κ2) is 8.36. The lowest BCUT2D eigenvalue weighted by molar-refractivity contribution is -0.153. The molecule has 2 aromatic rings. The smallest absolute Gasteiger partial charge is 0.242 e. The van der Waals surface area contributed by atoms with Crippen molar-refractivity contribution < 1.29 is 18.7 Å². The third-order valence-electron chi connectivity index (χ3n) is 3.69. The minimum atomic E-state index is -1.17. The second-order valence-corrected chi connectivity index (χ2v) is 6.44. The molecule has 5 nitrogen and oxygen atoms in total. The van der Waals surface area contributed by atoms with Gasteiger partial charge in [0.1, 0.15) is 5.69 Å². The quantitative estimate of drug-likeness (QED) is 0.535. The van der Waals surface area contributed by atoms with Crippen LogP contribution in [0, 0.1) is 5.95 Å². The van der Waals surface area contributed by atoms with Crippen molar-refractivity contribution in [3.63, 3.8) is 0 Å².